The fourth-order valence-corrected chi connectivity index (χ4v) is 1.72. The third kappa shape index (κ3) is 2.94. The van der Waals surface area contributed by atoms with E-state index in [0.29, 0.717) is 11.1 Å². The summed E-state index contributed by atoms with van der Waals surface area (Å²) in [6, 6.07) is 10.1. The summed E-state index contributed by atoms with van der Waals surface area (Å²) in [5.74, 6) is 0.368. The Morgan fingerprint density at radius 2 is 2.11 bits per heavy atom. The number of amidine groups is 1. The number of nitrogens with two attached hydrogens (primary N) is 1. The van der Waals surface area contributed by atoms with E-state index in [1.165, 1.54) is 6.07 Å². The highest BCUT2D eigenvalue weighted by Crippen LogP contribution is 2.10. The predicted molar refractivity (Wildman–Crippen MR) is 73.8 cm³/mol. The molecule has 7 heteroatoms. The van der Waals surface area contributed by atoms with Crippen LogP contribution in [-0.4, -0.2) is 15.8 Å². The van der Waals surface area contributed by atoms with Crippen LogP contribution < -0.4 is 11.3 Å². The van der Waals surface area contributed by atoms with Crippen molar-refractivity contribution in [3.63, 3.8) is 0 Å². The minimum atomic E-state index is -0.371. The van der Waals surface area contributed by atoms with Gasteiger partial charge in [-0.15, -0.1) is 0 Å². The van der Waals surface area contributed by atoms with Gasteiger partial charge in [-0.05, 0) is 24.4 Å². The molecule has 0 aliphatic rings. The quantitative estimate of drug-likeness (QED) is 0.435. The van der Waals surface area contributed by atoms with Crippen LogP contribution in [0.25, 0.3) is 0 Å². The zero-order chi connectivity index (χ0) is 13.8. The molecule has 0 radical (unpaired) electrons. The molecule has 0 spiro atoms. The van der Waals surface area contributed by atoms with Crippen LogP contribution >= 0.6 is 12.2 Å². The van der Waals surface area contributed by atoms with Crippen LogP contribution in [0.5, 0.6) is 0 Å². The molecule has 94 valence electrons. The molecular weight excluding hydrogens is 262 g/mol. The van der Waals surface area contributed by atoms with E-state index < -0.39 is 0 Å². The molecule has 19 heavy (non-hydrogen) atoms. The fraction of sp³-hybridized carbons (Fsp3) is 0. The van der Waals surface area contributed by atoms with E-state index in [4.69, 9.17) is 23.2 Å². The zero-order valence-corrected chi connectivity index (χ0v) is 10.5. The maximum absolute atomic E-state index is 11.2. The summed E-state index contributed by atoms with van der Waals surface area (Å²) in [6.45, 7) is 0. The summed E-state index contributed by atoms with van der Waals surface area (Å²) < 4.78 is 0.160. The summed E-state index contributed by atoms with van der Waals surface area (Å²) in [6.07, 6.45) is 0. The number of H-pyrrole nitrogens is 2. The van der Waals surface area contributed by atoms with Gasteiger partial charge in [-0.3, -0.25) is 9.78 Å². The fourth-order valence-electron chi connectivity index (χ4n) is 1.51. The van der Waals surface area contributed by atoms with E-state index in [0.717, 1.165) is 0 Å². The molecule has 2 rings (SSSR count). The van der Waals surface area contributed by atoms with Crippen molar-refractivity contribution in [2.75, 3.05) is 0 Å². The van der Waals surface area contributed by atoms with Gasteiger partial charge in [0.1, 0.15) is 11.7 Å². The first-order valence-electron chi connectivity index (χ1n) is 5.27. The molecule has 1 aromatic heterocycles. The van der Waals surface area contributed by atoms with Crippen LogP contribution in [0.15, 0.2) is 40.1 Å². The van der Waals surface area contributed by atoms with Gasteiger partial charge in [-0.1, -0.05) is 12.1 Å². The van der Waals surface area contributed by atoms with Gasteiger partial charge in [0.25, 0.3) is 5.56 Å². The normalized spacial score (nSPS) is 11.0. The molecule has 1 aromatic carbocycles. The minimum absolute atomic E-state index is 0.133. The lowest BCUT2D eigenvalue weighted by Gasteiger charge is -2.02. The van der Waals surface area contributed by atoms with Gasteiger partial charge in [0, 0.05) is 11.6 Å². The van der Waals surface area contributed by atoms with Gasteiger partial charge >= 0.3 is 0 Å². The van der Waals surface area contributed by atoms with E-state index >= 15 is 0 Å². The summed E-state index contributed by atoms with van der Waals surface area (Å²) in [5, 5.41) is 8.98. The summed E-state index contributed by atoms with van der Waals surface area (Å²) >= 11 is 4.83. The molecule has 1 heterocycles. The number of hydrogen-bond donors (Lipinski definition) is 3. The molecule has 0 saturated carbocycles. The van der Waals surface area contributed by atoms with Gasteiger partial charge in [0.05, 0.1) is 11.6 Å². The molecule has 0 aliphatic carbocycles. The predicted octanol–water partition coefficient (Wildman–Crippen LogP) is 1.34. The van der Waals surface area contributed by atoms with Gasteiger partial charge in [0.2, 0.25) is 0 Å². The summed E-state index contributed by atoms with van der Waals surface area (Å²) in [5.41, 5.74) is 6.38. The lowest BCUT2D eigenvalue weighted by molar-refractivity contribution is 1.08. The smallest absolute Gasteiger partial charge is 0.253 e. The first-order chi connectivity index (χ1) is 9.10. The van der Waals surface area contributed by atoms with Crippen LogP contribution in [0, 0.1) is 16.1 Å². The number of nitriles is 1. The van der Waals surface area contributed by atoms with E-state index in [2.05, 4.69) is 15.0 Å². The molecule has 4 N–H and O–H groups in total. The van der Waals surface area contributed by atoms with E-state index in [1.54, 1.807) is 24.3 Å². The number of aromatic nitrogens is 2. The van der Waals surface area contributed by atoms with Gasteiger partial charge in [0.15, 0.2) is 4.77 Å². The minimum Gasteiger partial charge on any atom is -0.383 e. The van der Waals surface area contributed by atoms with Crippen molar-refractivity contribution < 1.29 is 0 Å². The standard InChI is InChI=1S/C12H9N5OS/c13-6-7-3-1-2-4-8(7)11(14)15-9-5-10(18)17-12(19)16-9/h1-5H,(H4,14,15,16,17,18,19). The Hall–Kier alpha value is -2.72. The molecule has 0 fully saturated rings. The van der Waals surface area contributed by atoms with Crippen LogP contribution in [-0.2, 0) is 0 Å². The number of aliphatic imine (C=N–C) groups is 1. The number of aromatic amines is 2. The molecule has 0 bridgehead atoms. The Morgan fingerprint density at radius 3 is 2.79 bits per heavy atom. The molecule has 0 unspecified atom stereocenters. The van der Waals surface area contributed by atoms with Crippen molar-refractivity contribution >= 4 is 23.9 Å². The Morgan fingerprint density at radius 1 is 1.37 bits per heavy atom. The lowest BCUT2D eigenvalue weighted by atomic mass is 10.1. The Bertz CT molecular complexity index is 768. The number of nitrogens with one attached hydrogen (secondary N) is 2. The van der Waals surface area contributed by atoms with Crippen molar-refractivity contribution in [1.29, 1.82) is 5.26 Å². The lowest BCUT2D eigenvalue weighted by Crippen LogP contribution is -2.15. The van der Waals surface area contributed by atoms with Gasteiger partial charge in [-0.25, -0.2) is 4.99 Å². The Labute approximate surface area is 113 Å². The second-order valence-electron chi connectivity index (χ2n) is 3.63. The molecule has 0 amide bonds. The third-order valence-electron chi connectivity index (χ3n) is 2.31. The monoisotopic (exact) mass is 271 g/mol. The number of nitrogens with zero attached hydrogens (tertiary/aromatic N) is 2. The third-order valence-corrected chi connectivity index (χ3v) is 2.51. The highest BCUT2D eigenvalue weighted by Gasteiger charge is 2.05. The molecule has 0 saturated heterocycles. The van der Waals surface area contributed by atoms with Crippen molar-refractivity contribution in [1.82, 2.24) is 9.97 Å². The second-order valence-corrected chi connectivity index (χ2v) is 4.04. The highest BCUT2D eigenvalue weighted by molar-refractivity contribution is 7.71. The van der Waals surface area contributed by atoms with Gasteiger partial charge < -0.3 is 10.7 Å². The molecular formula is C12H9N5OS. The van der Waals surface area contributed by atoms with Crippen molar-refractivity contribution in [3.05, 3.63) is 56.6 Å². The molecule has 0 aliphatic heterocycles. The number of hydrogen-bond acceptors (Lipinski definition) is 4. The molecule has 6 nitrogen and oxygen atoms in total. The first-order valence-corrected chi connectivity index (χ1v) is 5.68. The SMILES string of the molecule is N#Cc1ccccc1/C(N)=N/c1cc(=O)[nH]c(=S)[nH]1. The average molecular weight is 271 g/mol. The molecule has 2 aromatic rings. The highest BCUT2D eigenvalue weighted by atomic mass is 32.1. The Balaban J connectivity index is 2.52. The summed E-state index contributed by atoms with van der Waals surface area (Å²) in [4.78, 5) is 20.4. The number of benzene rings is 1. The van der Waals surface area contributed by atoms with E-state index in [-0.39, 0.29) is 22.0 Å². The van der Waals surface area contributed by atoms with Crippen molar-refractivity contribution in [2.45, 2.75) is 0 Å². The second kappa shape index (κ2) is 5.29. The van der Waals surface area contributed by atoms with Crippen molar-refractivity contribution in [2.24, 2.45) is 10.7 Å². The molecule has 0 atom stereocenters. The van der Waals surface area contributed by atoms with Crippen LogP contribution in [0.4, 0.5) is 5.82 Å². The van der Waals surface area contributed by atoms with Crippen molar-refractivity contribution in [3.8, 4) is 6.07 Å². The largest absolute Gasteiger partial charge is 0.383 e. The summed E-state index contributed by atoms with van der Waals surface area (Å²) in [7, 11) is 0. The van der Waals surface area contributed by atoms with E-state index in [9.17, 15) is 4.79 Å². The van der Waals surface area contributed by atoms with E-state index in [1.807, 2.05) is 6.07 Å². The van der Waals surface area contributed by atoms with Crippen LogP contribution in [0.1, 0.15) is 11.1 Å². The maximum atomic E-state index is 11.2. The Kier molecular flexibility index (Phi) is 3.54. The number of rotatable bonds is 2. The zero-order valence-electron chi connectivity index (χ0n) is 9.68. The average Bonchev–Trinajstić information content (AvgIpc) is 2.37. The topological polar surface area (TPSA) is 111 Å². The first kappa shape index (κ1) is 12.7. The maximum Gasteiger partial charge on any atom is 0.253 e. The van der Waals surface area contributed by atoms with Crippen LogP contribution in [0.2, 0.25) is 0 Å². The van der Waals surface area contributed by atoms with Gasteiger partial charge in [-0.2, -0.15) is 5.26 Å². The van der Waals surface area contributed by atoms with Crippen LogP contribution in [0.3, 0.4) is 0 Å².